The number of rotatable bonds is 9. The van der Waals surface area contributed by atoms with Gasteiger partial charge in [-0.1, -0.05) is 74.5 Å². The second kappa shape index (κ2) is 11.7. The first-order valence-electron chi connectivity index (χ1n) is 14.7. The smallest absolute Gasteiger partial charge is 0.308 e. The summed E-state index contributed by atoms with van der Waals surface area (Å²) in [5, 5.41) is 10.2. The number of nitrogens with zero attached hydrogens (tertiary/aromatic N) is 1. The minimum Gasteiger partial charge on any atom is -0.487 e. The van der Waals surface area contributed by atoms with Crippen LogP contribution in [0.3, 0.4) is 0 Å². The second-order valence-corrected chi connectivity index (χ2v) is 12.4. The fourth-order valence-corrected chi connectivity index (χ4v) is 6.48. The summed E-state index contributed by atoms with van der Waals surface area (Å²) >= 11 is 0. The first-order chi connectivity index (χ1) is 19.1. The minimum absolute atomic E-state index is 0.0864. The molecule has 3 aromatic rings. The number of fused-ring (bicyclic) bond motifs is 1. The summed E-state index contributed by atoms with van der Waals surface area (Å²) in [5.74, 6) is 0.962. The highest BCUT2D eigenvalue weighted by Crippen LogP contribution is 2.49. The molecule has 1 N–H and O–H groups in total. The highest BCUT2D eigenvalue weighted by atomic mass is 16.5. The van der Waals surface area contributed by atoms with Gasteiger partial charge in [-0.2, -0.15) is 0 Å². The van der Waals surface area contributed by atoms with Gasteiger partial charge in [0.15, 0.2) is 0 Å². The number of carbonyl (C=O) groups excluding carboxylic acids is 1. The fraction of sp³-hybridized carbons (Fsp3) is 0.457. The third-order valence-electron chi connectivity index (χ3n) is 8.19. The molecule has 5 rings (SSSR count). The van der Waals surface area contributed by atoms with Gasteiger partial charge >= 0.3 is 5.97 Å². The maximum absolute atomic E-state index is 12.1. The van der Waals surface area contributed by atoms with Crippen LogP contribution in [0.4, 0.5) is 5.69 Å². The van der Waals surface area contributed by atoms with Gasteiger partial charge in [0.25, 0.3) is 0 Å². The van der Waals surface area contributed by atoms with Crippen molar-refractivity contribution in [1.82, 2.24) is 0 Å². The van der Waals surface area contributed by atoms with E-state index in [0.29, 0.717) is 12.8 Å². The molecule has 0 saturated carbocycles. The molecule has 2 heterocycles. The SMILES string of the molecule is Cc1c2c(c(CCC3CC(O)CC(=O)O3)c(C(C)C)c1N(Cc1ccccc1)Cc1ccccc1)OC(C)(C)C2. The van der Waals surface area contributed by atoms with Crippen LogP contribution < -0.4 is 9.64 Å². The van der Waals surface area contributed by atoms with Gasteiger partial charge in [0, 0.05) is 42.7 Å². The van der Waals surface area contributed by atoms with Crippen LogP contribution in [-0.2, 0) is 35.5 Å². The monoisotopic (exact) mass is 541 g/mol. The van der Waals surface area contributed by atoms with Crippen molar-refractivity contribution in [2.24, 2.45) is 0 Å². The molecule has 2 atom stereocenters. The van der Waals surface area contributed by atoms with Crippen LogP contribution in [0.15, 0.2) is 60.7 Å². The van der Waals surface area contributed by atoms with E-state index >= 15 is 0 Å². The third-order valence-corrected chi connectivity index (χ3v) is 8.19. The predicted molar refractivity (Wildman–Crippen MR) is 160 cm³/mol. The second-order valence-electron chi connectivity index (χ2n) is 12.4. The van der Waals surface area contributed by atoms with Gasteiger partial charge in [-0.3, -0.25) is 4.79 Å². The van der Waals surface area contributed by atoms with Crippen molar-refractivity contribution < 1.29 is 19.4 Å². The van der Waals surface area contributed by atoms with Crippen molar-refractivity contribution >= 4 is 11.7 Å². The molecule has 0 spiro atoms. The molecule has 2 aliphatic rings. The van der Waals surface area contributed by atoms with Gasteiger partial charge < -0.3 is 19.5 Å². The van der Waals surface area contributed by atoms with E-state index in [4.69, 9.17) is 9.47 Å². The Labute approximate surface area is 239 Å². The topological polar surface area (TPSA) is 59.0 Å². The number of carbonyl (C=O) groups is 1. The summed E-state index contributed by atoms with van der Waals surface area (Å²) < 4.78 is 12.3. The number of ether oxygens (including phenoxy) is 2. The molecular weight excluding hydrogens is 498 g/mol. The molecule has 2 unspecified atom stereocenters. The number of aliphatic hydroxyl groups excluding tert-OH is 1. The lowest BCUT2D eigenvalue weighted by atomic mass is 9.84. The third kappa shape index (κ3) is 6.20. The summed E-state index contributed by atoms with van der Waals surface area (Å²) in [6, 6.07) is 21.4. The Bertz CT molecular complexity index is 1290. The van der Waals surface area contributed by atoms with Crippen molar-refractivity contribution in [2.75, 3.05) is 4.90 Å². The van der Waals surface area contributed by atoms with Crippen molar-refractivity contribution in [2.45, 2.75) is 104 Å². The van der Waals surface area contributed by atoms with Gasteiger partial charge in [0.2, 0.25) is 0 Å². The molecule has 0 aromatic heterocycles. The fourth-order valence-electron chi connectivity index (χ4n) is 6.48. The molecule has 0 aliphatic carbocycles. The quantitative estimate of drug-likeness (QED) is 0.295. The predicted octanol–water partition coefficient (Wildman–Crippen LogP) is 7.04. The van der Waals surface area contributed by atoms with Gasteiger partial charge in [0.1, 0.15) is 17.5 Å². The maximum Gasteiger partial charge on any atom is 0.308 e. The lowest BCUT2D eigenvalue weighted by Gasteiger charge is -2.34. The number of hydrogen-bond donors (Lipinski definition) is 1. The molecule has 5 heteroatoms. The van der Waals surface area contributed by atoms with E-state index in [2.05, 4.69) is 100 Å². The van der Waals surface area contributed by atoms with Crippen LogP contribution in [0.5, 0.6) is 5.75 Å². The molecule has 0 amide bonds. The van der Waals surface area contributed by atoms with E-state index in [0.717, 1.165) is 31.7 Å². The Kier molecular flexibility index (Phi) is 8.23. The van der Waals surface area contributed by atoms with E-state index in [1.54, 1.807) is 0 Å². The molecule has 3 aromatic carbocycles. The molecular formula is C35H43NO4. The zero-order chi connectivity index (χ0) is 28.4. The number of esters is 1. The molecule has 212 valence electrons. The van der Waals surface area contributed by atoms with Crippen LogP contribution in [-0.4, -0.2) is 28.9 Å². The number of benzene rings is 3. The largest absolute Gasteiger partial charge is 0.487 e. The molecule has 2 aliphatic heterocycles. The molecule has 1 saturated heterocycles. The van der Waals surface area contributed by atoms with Gasteiger partial charge in [-0.25, -0.2) is 0 Å². The lowest BCUT2D eigenvalue weighted by molar-refractivity contribution is -0.160. The van der Waals surface area contributed by atoms with E-state index in [1.807, 2.05) is 0 Å². The van der Waals surface area contributed by atoms with Crippen LogP contribution in [0.1, 0.15) is 86.3 Å². The number of hydrogen-bond acceptors (Lipinski definition) is 5. The Morgan fingerprint density at radius 3 is 2.15 bits per heavy atom. The first kappa shape index (κ1) is 28.2. The van der Waals surface area contributed by atoms with E-state index in [1.165, 1.54) is 39.1 Å². The van der Waals surface area contributed by atoms with Crippen molar-refractivity contribution in [3.8, 4) is 5.75 Å². The van der Waals surface area contributed by atoms with E-state index < -0.39 is 6.10 Å². The van der Waals surface area contributed by atoms with E-state index in [-0.39, 0.29) is 30.0 Å². The lowest BCUT2D eigenvalue weighted by Crippen LogP contribution is -2.33. The molecule has 0 radical (unpaired) electrons. The van der Waals surface area contributed by atoms with Crippen LogP contribution in [0.25, 0.3) is 0 Å². The van der Waals surface area contributed by atoms with Crippen LogP contribution in [0, 0.1) is 6.92 Å². The summed E-state index contributed by atoms with van der Waals surface area (Å²) in [6.45, 7) is 12.7. The average molecular weight is 542 g/mol. The zero-order valence-corrected chi connectivity index (χ0v) is 24.6. The Balaban J connectivity index is 1.62. The number of aliphatic hydroxyl groups is 1. The van der Waals surface area contributed by atoms with Crippen LogP contribution >= 0.6 is 0 Å². The van der Waals surface area contributed by atoms with Gasteiger partial charge in [0.05, 0.1) is 12.5 Å². The summed E-state index contributed by atoms with van der Waals surface area (Å²) in [7, 11) is 0. The van der Waals surface area contributed by atoms with Crippen molar-refractivity contribution in [3.05, 3.63) is 94.0 Å². The highest BCUT2D eigenvalue weighted by Gasteiger charge is 2.38. The van der Waals surface area contributed by atoms with Crippen molar-refractivity contribution in [1.29, 1.82) is 0 Å². The van der Waals surface area contributed by atoms with Gasteiger partial charge in [-0.15, -0.1) is 0 Å². The van der Waals surface area contributed by atoms with Gasteiger partial charge in [-0.05, 0) is 61.8 Å². The highest BCUT2D eigenvalue weighted by molar-refractivity contribution is 5.72. The first-order valence-corrected chi connectivity index (χ1v) is 14.7. The minimum atomic E-state index is -0.627. The molecule has 1 fully saturated rings. The normalized spacial score (nSPS) is 19.7. The maximum atomic E-state index is 12.1. The van der Waals surface area contributed by atoms with E-state index in [9.17, 15) is 9.90 Å². The zero-order valence-electron chi connectivity index (χ0n) is 24.6. The molecule has 0 bridgehead atoms. The van der Waals surface area contributed by atoms with Crippen molar-refractivity contribution in [3.63, 3.8) is 0 Å². The Morgan fingerprint density at radius 2 is 1.60 bits per heavy atom. The molecule has 40 heavy (non-hydrogen) atoms. The summed E-state index contributed by atoms with van der Waals surface area (Å²) in [4.78, 5) is 14.6. The number of anilines is 1. The standard InChI is InChI=1S/C35H43NO4/c1-23(2)32-29(17-16-28-18-27(37)19-31(38)39-28)34-30(20-35(4,5)40-34)24(3)33(32)36(21-25-12-8-6-9-13-25)22-26-14-10-7-11-15-26/h6-15,23,27-28,37H,16-22H2,1-5H3. The Morgan fingerprint density at radius 1 is 1.00 bits per heavy atom. The average Bonchev–Trinajstić information content (AvgIpc) is 3.23. The summed E-state index contributed by atoms with van der Waals surface area (Å²) in [5.41, 5.74) is 8.65. The number of cyclic esters (lactones) is 1. The molecule has 5 nitrogen and oxygen atoms in total. The summed E-state index contributed by atoms with van der Waals surface area (Å²) in [6.07, 6.45) is 1.92. The Hall–Kier alpha value is -3.31. The van der Waals surface area contributed by atoms with Crippen LogP contribution in [0.2, 0.25) is 0 Å².